The van der Waals surface area contributed by atoms with Crippen LogP contribution in [0.5, 0.6) is 0 Å². The predicted octanol–water partition coefficient (Wildman–Crippen LogP) is 0.185. The van der Waals surface area contributed by atoms with E-state index in [1.165, 1.54) is 0 Å². The maximum atomic E-state index is 11.9. The molecule has 0 radical (unpaired) electrons. The topological polar surface area (TPSA) is 65.6 Å². The number of nitrogens with one attached hydrogen (secondary N) is 1. The minimum Gasteiger partial charge on any atom is -0.395 e. The first kappa shape index (κ1) is 13.3. The van der Waals surface area contributed by atoms with E-state index in [1.807, 2.05) is 6.92 Å². The summed E-state index contributed by atoms with van der Waals surface area (Å²) in [4.78, 5) is 17.2. The molecule has 0 spiro atoms. The normalized spacial score (nSPS) is 21.2. The number of ether oxygens (including phenoxy) is 1. The highest BCUT2D eigenvalue weighted by Gasteiger charge is 2.23. The van der Waals surface area contributed by atoms with Gasteiger partial charge in [0.1, 0.15) is 0 Å². The number of aromatic amines is 1. The second kappa shape index (κ2) is 5.65. The summed E-state index contributed by atoms with van der Waals surface area (Å²) in [6.45, 7) is 6.37. The fourth-order valence-electron chi connectivity index (χ4n) is 2.23. The van der Waals surface area contributed by atoms with E-state index in [0.717, 1.165) is 23.4 Å². The lowest BCUT2D eigenvalue weighted by Gasteiger charge is -2.34. The highest BCUT2D eigenvalue weighted by molar-refractivity contribution is 5.23. The molecule has 5 nitrogen and oxygen atoms in total. The number of morpholine rings is 1. The summed E-state index contributed by atoms with van der Waals surface area (Å²) in [5.74, 6) is 0. The molecule has 0 aromatic carbocycles. The zero-order chi connectivity index (χ0) is 13.1. The molecule has 1 aromatic rings. The first-order chi connectivity index (χ1) is 8.63. The van der Waals surface area contributed by atoms with Gasteiger partial charge in [0, 0.05) is 36.1 Å². The van der Waals surface area contributed by atoms with Crippen molar-refractivity contribution in [2.45, 2.75) is 26.4 Å². The van der Waals surface area contributed by atoms with E-state index in [9.17, 15) is 9.90 Å². The molecule has 0 aliphatic carbocycles. The first-order valence-electron chi connectivity index (χ1n) is 6.24. The second-order valence-corrected chi connectivity index (χ2v) is 4.79. The van der Waals surface area contributed by atoms with Gasteiger partial charge in [0.25, 0.3) is 0 Å². The molecule has 1 aromatic heterocycles. The number of aromatic nitrogens is 1. The molecule has 1 aliphatic rings. The number of rotatable bonds is 3. The molecule has 18 heavy (non-hydrogen) atoms. The van der Waals surface area contributed by atoms with Crippen molar-refractivity contribution in [2.24, 2.45) is 0 Å². The number of aliphatic hydroxyl groups excluding tert-OH is 1. The van der Waals surface area contributed by atoms with Crippen LogP contribution in [0.1, 0.15) is 16.8 Å². The first-order valence-corrected chi connectivity index (χ1v) is 6.24. The van der Waals surface area contributed by atoms with E-state index in [1.54, 1.807) is 13.1 Å². The average Bonchev–Trinajstić information content (AvgIpc) is 2.40. The number of aryl methyl sites for hydroxylation is 1. The summed E-state index contributed by atoms with van der Waals surface area (Å²) in [6, 6.07) is 0.0166. The summed E-state index contributed by atoms with van der Waals surface area (Å²) in [7, 11) is 0. The van der Waals surface area contributed by atoms with Crippen molar-refractivity contribution in [3.05, 3.63) is 33.2 Å². The standard InChI is InChI=1S/C13H20N2O3/c1-9-5-14-12(10(2)13(9)17)6-15-3-4-18-8-11(15)7-16/h5,11,16H,3-4,6-8H2,1-2H3,(H,14,17)/t11-/m0/s1. The Morgan fingerprint density at radius 2 is 2.33 bits per heavy atom. The van der Waals surface area contributed by atoms with E-state index in [4.69, 9.17) is 4.74 Å². The van der Waals surface area contributed by atoms with Crippen LogP contribution in [0.2, 0.25) is 0 Å². The summed E-state index contributed by atoms with van der Waals surface area (Å²) in [6.07, 6.45) is 1.75. The Morgan fingerprint density at radius 1 is 1.56 bits per heavy atom. The summed E-state index contributed by atoms with van der Waals surface area (Å²) in [5, 5.41) is 9.31. The largest absolute Gasteiger partial charge is 0.395 e. The summed E-state index contributed by atoms with van der Waals surface area (Å²) in [5.41, 5.74) is 2.51. The van der Waals surface area contributed by atoms with Gasteiger partial charge in [-0.3, -0.25) is 9.69 Å². The van der Waals surface area contributed by atoms with E-state index in [2.05, 4.69) is 9.88 Å². The molecule has 5 heteroatoms. The Labute approximate surface area is 106 Å². The van der Waals surface area contributed by atoms with Crippen LogP contribution >= 0.6 is 0 Å². The number of hydrogen-bond acceptors (Lipinski definition) is 4. The van der Waals surface area contributed by atoms with Gasteiger partial charge in [-0.05, 0) is 13.8 Å². The van der Waals surface area contributed by atoms with E-state index >= 15 is 0 Å². The molecular weight excluding hydrogens is 232 g/mol. The molecule has 2 N–H and O–H groups in total. The quantitative estimate of drug-likeness (QED) is 0.805. The Balaban J connectivity index is 2.18. The van der Waals surface area contributed by atoms with Gasteiger partial charge in [-0.2, -0.15) is 0 Å². The van der Waals surface area contributed by atoms with Crippen molar-refractivity contribution in [3.8, 4) is 0 Å². The lowest BCUT2D eigenvalue weighted by atomic mass is 10.1. The molecular formula is C13H20N2O3. The second-order valence-electron chi connectivity index (χ2n) is 4.79. The Bertz CT molecular complexity index is 470. The molecule has 0 amide bonds. The van der Waals surface area contributed by atoms with Gasteiger partial charge in [0.15, 0.2) is 5.43 Å². The number of H-pyrrole nitrogens is 1. The number of aliphatic hydroxyl groups is 1. The summed E-state index contributed by atoms with van der Waals surface area (Å²) >= 11 is 0. The van der Waals surface area contributed by atoms with E-state index < -0.39 is 0 Å². The van der Waals surface area contributed by atoms with Crippen LogP contribution in [0, 0.1) is 13.8 Å². The smallest absolute Gasteiger partial charge is 0.187 e. The minimum atomic E-state index is 0.0166. The van der Waals surface area contributed by atoms with Crippen LogP contribution in [0.15, 0.2) is 11.0 Å². The molecule has 100 valence electrons. The van der Waals surface area contributed by atoms with Gasteiger partial charge in [0.2, 0.25) is 0 Å². The van der Waals surface area contributed by atoms with Gasteiger partial charge >= 0.3 is 0 Å². The third-order valence-corrected chi connectivity index (χ3v) is 3.54. The zero-order valence-electron chi connectivity index (χ0n) is 10.9. The molecule has 2 heterocycles. The van der Waals surface area contributed by atoms with Crippen LogP contribution in [0.3, 0.4) is 0 Å². The van der Waals surface area contributed by atoms with Gasteiger partial charge in [-0.15, -0.1) is 0 Å². The number of hydrogen-bond donors (Lipinski definition) is 2. The minimum absolute atomic E-state index is 0.0166. The third-order valence-electron chi connectivity index (χ3n) is 3.54. The monoisotopic (exact) mass is 252 g/mol. The average molecular weight is 252 g/mol. The van der Waals surface area contributed by atoms with Gasteiger partial charge in [-0.1, -0.05) is 0 Å². The molecule has 1 fully saturated rings. The molecule has 0 bridgehead atoms. The zero-order valence-corrected chi connectivity index (χ0v) is 10.9. The lowest BCUT2D eigenvalue weighted by Crippen LogP contribution is -2.47. The Morgan fingerprint density at radius 3 is 3.06 bits per heavy atom. The van der Waals surface area contributed by atoms with Gasteiger partial charge in [-0.25, -0.2) is 0 Å². The van der Waals surface area contributed by atoms with Crippen molar-refractivity contribution in [1.29, 1.82) is 0 Å². The van der Waals surface area contributed by atoms with Crippen LogP contribution in [0.25, 0.3) is 0 Å². The van der Waals surface area contributed by atoms with Crippen LogP contribution in [-0.4, -0.2) is 47.4 Å². The van der Waals surface area contributed by atoms with Gasteiger partial charge < -0.3 is 14.8 Å². The molecule has 1 aliphatic heterocycles. The molecule has 0 unspecified atom stereocenters. The number of pyridine rings is 1. The Kier molecular flexibility index (Phi) is 4.16. The lowest BCUT2D eigenvalue weighted by molar-refractivity contribution is -0.0318. The van der Waals surface area contributed by atoms with Crippen LogP contribution in [0.4, 0.5) is 0 Å². The predicted molar refractivity (Wildman–Crippen MR) is 68.6 cm³/mol. The fourth-order valence-corrected chi connectivity index (χ4v) is 2.23. The van der Waals surface area contributed by atoms with Crippen molar-refractivity contribution in [1.82, 2.24) is 9.88 Å². The maximum Gasteiger partial charge on any atom is 0.187 e. The van der Waals surface area contributed by atoms with Crippen molar-refractivity contribution in [3.63, 3.8) is 0 Å². The van der Waals surface area contributed by atoms with E-state index in [0.29, 0.717) is 19.8 Å². The third kappa shape index (κ3) is 2.63. The molecule has 1 saturated heterocycles. The summed E-state index contributed by atoms with van der Waals surface area (Å²) < 4.78 is 5.34. The highest BCUT2D eigenvalue weighted by Crippen LogP contribution is 2.12. The van der Waals surface area contributed by atoms with Crippen molar-refractivity contribution < 1.29 is 9.84 Å². The van der Waals surface area contributed by atoms with Gasteiger partial charge in [0.05, 0.1) is 25.9 Å². The molecule has 1 atom stereocenters. The fraction of sp³-hybridized carbons (Fsp3) is 0.615. The van der Waals surface area contributed by atoms with Crippen molar-refractivity contribution in [2.75, 3.05) is 26.4 Å². The highest BCUT2D eigenvalue weighted by atomic mass is 16.5. The maximum absolute atomic E-state index is 11.9. The Hall–Kier alpha value is -1.17. The van der Waals surface area contributed by atoms with Crippen molar-refractivity contribution >= 4 is 0 Å². The van der Waals surface area contributed by atoms with Crippen LogP contribution < -0.4 is 5.43 Å². The SMILES string of the molecule is Cc1c[nH]c(CN2CCOC[C@@H]2CO)c(C)c1=O. The molecule has 0 saturated carbocycles. The number of nitrogens with zero attached hydrogens (tertiary/aromatic N) is 1. The van der Waals surface area contributed by atoms with E-state index in [-0.39, 0.29) is 18.1 Å². The van der Waals surface area contributed by atoms with Crippen LogP contribution in [-0.2, 0) is 11.3 Å². The molecule has 2 rings (SSSR count).